The lowest BCUT2D eigenvalue weighted by Crippen LogP contribution is -2.18. The molecule has 0 saturated carbocycles. The van der Waals surface area contributed by atoms with Crippen molar-refractivity contribution in [3.63, 3.8) is 0 Å². The molecule has 0 fully saturated rings. The van der Waals surface area contributed by atoms with Crippen LogP contribution in [0.2, 0.25) is 5.02 Å². The Bertz CT molecular complexity index is 1920. The zero-order chi connectivity index (χ0) is 32.3. The van der Waals surface area contributed by atoms with E-state index in [4.69, 9.17) is 25.5 Å². The number of hydrogen-bond acceptors (Lipinski definition) is 8. The second-order valence-electron chi connectivity index (χ2n) is 9.43. The molecule has 0 atom stereocenters. The van der Waals surface area contributed by atoms with Crippen molar-refractivity contribution in [1.29, 1.82) is 0 Å². The van der Waals surface area contributed by atoms with Gasteiger partial charge in [-0.05, 0) is 84.9 Å². The van der Waals surface area contributed by atoms with Crippen molar-refractivity contribution in [2.75, 3.05) is 5.32 Å². The predicted octanol–water partition coefficient (Wildman–Crippen LogP) is 6.79. The van der Waals surface area contributed by atoms with Gasteiger partial charge in [-0.25, -0.2) is 15.0 Å². The quantitative estimate of drug-likeness (QED) is 0.0568. The lowest BCUT2D eigenvalue weighted by atomic mass is 10.2. The van der Waals surface area contributed by atoms with Gasteiger partial charge < -0.3 is 19.2 Å². The standard InChI is InChI=1S/C35H24ClN3O7/c36-27-16-11-25(12-17-27)35(43)46-29-8-3-1-6-23(29)15-20-32(40)45-30-9-4-2-7-26(30)22-37-39-33(41)24-13-18-28(19-14-24)38-34(42)31-10-5-21-44-31/h1-22H,(H,38,42)(H,39,41)/b20-15+,37-22+. The number of halogens is 1. The highest BCUT2D eigenvalue weighted by atomic mass is 35.5. The summed E-state index contributed by atoms with van der Waals surface area (Å²) in [6.07, 6.45) is 5.41. The van der Waals surface area contributed by atoms with Crippen LogP contribution in [0.5, 0.6) is 11.5 Å². The molecule has 0 aliphatic carbocycles. The average Bonchev–Trinajstić information content (AvgIpc) is 3.61. The van der Waals surface area contributed by atoms with Crippen LogP contribution >= 0.6 is 11.6 Å². The van der Waals surface area contributed by atoms with Crippen molar-refractivity contribution in [3.05, 3.63) is 155 Å². The number of benzene rings is 4. The monoisotopic (exact) mass is 633 g/mol. The Balaban J connectivity index is 1.17. The SMILES string of the molecule is O=C(/C=C/c1ccccc1OC(=O)c1ccc(Cl)cc1)Oc1ccccc1/C=N/NC(=O)c1ccc(NC(=O)c2ccco2)cc1. The fourth-order valence-corrected chi connectivity index (χ4v) is 4.09. The third-order valence-corrected chi connectivity index (χ3v) is 6.50. The van der Waals surface area contributed by atoms with E-state index in [0.717, 1.165) is 0 Å². The molecule has 46 heavy (non-hydrogen) atoms. The third-order valence-electron chi connectivity index (χ3n) is 6.25. The molecule has 11 heteroatoms. The molecule has 2 amide bonds. The van der Waals surface area contributed by atoms with Crippen LogP contribution in [0.15, 0.2) is 131 Å². The number of esters is 2. The fraction of sp³-hybridized carbons (Fsp3) is 0. The van der Waals surface area contributed by atoms with Crippen LogP contribution in [0.4, 0.5) is 5.69 Å². The Morgan fingerprint density at radius 1 is 0.696 bits per heavy atom. The summed E-state index contributed by atoms with van der Waals surface area (Å²) in [4.78, 5) is 49.9. The molecule has 0 radical (unpaired) electrons. The molecule has 0 unspecified atom stereocenters. The Labute approximate surface area is 267 Å². The van der Waals surface area contributed by atoms with Gasteiger partial charge in [0.25, 0.3) is 11.8 Å². The van der Waals surface area contributed by atoms with Gasteiger partial charge in [-0.15, -0.1) is 0 Å². The number of amides is 2. The number of nitrogens with zero attached hydrogens (tertiary/aromatic N) is 1. The van der Waals surface area contributed by atoms with Crippen LogP contribution in [0.3, 0.4) is 0 Å². The summed E-state index contributed by atoms with van der Waals surface area (Å²) in [7, 11) is 0. The lowest BCUT2D eigenvalue weighted by molar-refractivity contribution is -0.128. The van der Waals surface area contributed by atoms with Crippen LogP contribution in [0.25, 0.3) is 6.08 Å². The van der Waals surface area contributed by atoms with Crippen molar-refractivity contribution in [2.24, 2.45) is 5.10 Å². The Morgan fingerprint density at radius 3 is 2.04 bits per heavy atom. The minimum Gasteiger partial charge on any atom is -0.459 e. The van der Waals surface area contributed by atoms with E-state index in [0.29, 0.717) is 33.0 Å². The normalized spacial score (nSPS) is 10.9. The molecule has 228 valence electrons. The van der Waals surface area contributed by atoms with Gasteiger partial charge in [-0.2, -0.15) is 5.10 Å². The zero-order valence-corrected chi connectivity index (χ0v) is 24.6. The maximum Gasteiger partial charge on any atom is 0.343 e. The van der Waals surface area contributed by atoms with E-state index in [2.05, 4.69) is 15.8 Å². The van der Waals surface area contributed by atoms with E-state index in [-0.39, 0.29) is 17.3 Å². The summed E-state index contributed by atoms with van der Waals surface area (Å²) in [5, 5.41) is 7.14. The highest BCUT2D eigenvalue weighted by Gasteiger charge is 2.12. The van der Waals surface area contributed by atoms with Gasteiger partial charge in [0.1, 0.15) is 11.5 Å². The minimum absolute atomic E-state index is 0.164. The molecule has 0 saturated heterocycles. The maximum absolute atomic E-state index is 12.7. The van der Waals surface area contributed by atoms with Gasteiger partial charge in [0.05, 0.1) is 18.0 Å². The number of rotatable bonds is 10. The van der Waals surface area contributed by atoms with Crippen LogP contribution in [0.1, 0.15) is 42.4 Å². The van der Waals surface area contributed by atoms with Crippen LogP contribution in [-0.4, -0.2) is 30.0 Å². The molecule has 0 bridgehead atoms. The topological polar surface area (TPSA) is 136 Å². The number of nitrogens with one attached hydrogen (secondary N) is 2. The van der Waals surface area contributed by atoms with Crippen molar-refractivity contribution in [2.45, 2.75) is 0 Å². The number of ether oxygens (including phenoxy) is 2. The molecule has 10 nitrogen and oxygen atoms in total. The summed E-state index contributed by atoms with van der Waals surface area (Å²) >= 11 is 5.89. The Kier molecular flexibility index (Phi) is 10.1. The summed E-state index contributed by atoms with van der Waals surface area (Å²) in [6, 6.07) is 29.0. The van der Waals surface area contributed by atoms with E-state index < -0.39 is 23.8 Å². The van der Waals surface area contributed by atoms with Crippen LogP contribution in [0, 0.1) is 0 Å². The molecule has 4 aromatic carbocycles. The second kappa shape index (κ2) is 15.0. The summed E-state index contributed by atoms with van der Waals surface area (Å²) in [6.45, 7) is 0. The molecule has 1 heterocycles. The molecular weight excluding hydrogens is 610 g/mol. The van der Waals surface area contributed by atoms with E-state index in [9.17, 15) is 19.2 Å². The first-order valence-electron chi connectivity index (χ1n) is 13.7. The number of carbonyl (C=O) groups excluding carboxylic acids is 4. The van der Waals surface area contributed by atoms with Crippen LogP contribution in [-0.2, 0) is 4.79 Å². The van der Waals surface area contributed by atoms with Crippen molar-refractivity contribution in [3.8, 4) is 11.5 Å². The minimum atomic E-state index is -0.692. The molecule has 2 N–H and O–H groups in total. The molecule has 0 aliphatic heterocycles. The first kappa shape index (κ1) is 31.2. The first-order valence-corrected chi connectivity index (χ1v) is 14.1. The van der Waals surface area contributed by atoms with Crippen molar-refractivity contribution >= 4 is 53.3 Å². The largest absolute Gasteiger partial charge is 0.459 e. The van der Waals surface area contributed by atoms with Gasteiger partial charge in [-0.3, -0.25) is 9.59 Å². The average molecular weight is 634 g/mol. The smallest absolute Gasteiger partial charge is 0.343 e. The summed E-state index contributed by atoms with van der Waals surface area (Å²) < 4.78 is 16.1. The molecule has 1 aromatic heterocycles. The fourth-order valence-electron chi connectivity index (χ4n) is 3.97. The molecular formula is C35H24ClN3O7. The lowest BCUT2D eigenvalue weighted by Gasteiger charge is -2.08. The van der Waals surface area contributed by atoms with E-state index >= 15 is 0 Å². The number of furan rings is 1. The zero-order valence-electron chi connectivity index (χ0n) is 23.9. The van der Waals surface area contributed by atoms with Gasteiger partial charge in [0, 0.05) is 33.5 Å². The van der Waals surface area contributed by atoms with Crippen molar-refractivity contribution in [1.82, 2.24) is 5.43 Å². The maximum atomic E-state index is 12.7. The van der Waals surface area contributed by atoms with E-state index in [1.807, 2.05) is 0 Å². The van der Waals surface area contributed by atoms with Gasteiger partial charge >= 0.3 is 11.9 Å². The third kappa shape index (κ3) is 8.43. The highest BCUT2D eigenvalue weighted by molar-refractivity contribution is 6.30. The van der Waals surface area contributed by atoms with Gasteiger partial charge in [-0.1, -0.05) is 41.9 Å². The molecule has 5 aromatic rings. The number of anilines is 1. The Hall–Kier alpha value is -6.26. The second-order valence-corrected chi connectivity index (χ2v) is 9.87. The first-order chi connectivity index (χ1) is 22.4. The van der Waals surface area contributed by atoms with E-state index in [1.165, 1.54) is 42.8 Å². The molecule has 0 aliphatic rings. The van der Waals surface area contributed by atoms with Crippen LogP contribution < -0.4 is 20.2 Å². The summed E-state index contributed by atoms with van der Waals surface area (Å²) in [5.41, 5.74) is 4.43. The van der Waals surface area contributed by atoms with E-state index in [1.54, 1.807) is 91.0 Å². The van der Waals surface area contributed by atoms with Gasteiger partial charge in [0.15, 0.2) is 5.76 Å². The number of carbonyl (C=O) groups is 4. The predicted molar refractivity (Wildman–Crippen MR) is 172 cm³/mol. The number of para-hydroxylation sites is 2. The highest BCUT2D eigenvalue weighted by Crippen LogP contribution is 2.22. The van der Waals surface area contributed by atoms with Gasteiger partial charge in [0.2, 0.25) is 0 Å². The molecule has 0 spiro atoms. The van der Waals surface area contributed by atoms with Crippen molar-refractivity contribution < 1.29 is 33.1 Å². The molecule has 5 rings (SSSR count). The number of hydrazone groups is 1. The summed E-state index contributed by atoms with van der Waals surface area (Å²) in [5.74, 6) is -1.56. The Morgan fingerprint density at radius 2 is 1.35 bits per heavy atom. The number of hydrogen-bond donors (Lipinski definition) is 2.